The first-order valence-electron chi connectivity index (χ1n) is 4.47. The Bertz CT molecular complexity index is 629. The lowest BCUT2D eigenvalue weighted by atomic mass is 10.2. The highest BCUT2D eigenvalue weighted by atomic mass is 35.5. The number of rotatable bonds is 2. The average molecular weight is 249 g/mol. The van der Waals surface area contributed by atoms with E-state index in [1.54, 1.807) is 6.07 Å². The van der Waals surface area contributed by atoms with E-state index in [-0.39, 0.29) is 16.4 Å². The van der Waals surface area contributed by atoms with Crippen LogP contribution in [0.25, 0.3) is 5.69 Å². The highest BCUT2D eigenvalue weighted by Crippen LogP contribution is 2.19. The lowest BCUT2D eigenvalue weighted by molar-refractivity contribution is 0.0697. The second-order valence-electron chi connectivity index (χ2n) is 3.09. The van der Waals surface area contributed by atoms with Crippen molar-refractivity contribution >= 4 is 17.6 Å². The zero-order valence-electron chi connectivity index (χ0n) is 8.33. The number of aromatic nitrogens is 3. The van der Waals surface area contributed by atoms with Crippen LogP contribution < -0.4 is 0 Å². The smallest absolute Gasteiger partial charge is 0.337 e. The van der Waals surface area contributed by atoms with Crippen LogP contribution in [0.4, 0.5) is 0 Å². The van der Waals surface area contributed by atoms with Gasteiger partial charge >= 0.3 is 5.97 Å². The van der Waals surface area contributed by atoms with Crippen molar-refractivity contribution in [1.82, 2.24) is 14.8 Å². The number of aromatic carboxylic acids is 1. The third-order valence-corrected chi connectivity index (χ3v) is 2.35. The molecule has 0 spiro atoms. The van der Waals surface area contributed by atoms with Crippen LogP contribution in [-0.2, 0) is 0 Å². The van der Waals surface area contributed by atoms with Crippen molar-refractivity contribution in [2.45, 2.75) is 0 Å². The van der Waals surface area contributed by atoms with Crippen LogP contribution in [0.15, 0.2) is 24.5 Å². The van der Waals surface area contributed by atoms with E-state index < -0.39 is 5.97 Å². The maximum absolute atomic E-state index is 10.8. The molecule has 0 radical (unpaired) electrons. The van der Waals surface area contributed by atoms with Gasteiger partial charge in [0.2, 0.25) is 0 Å². The van der Waals surface area contributed by atoms with Crippen molar-refractivity contribution in [3.8, 4) is 11.8 Å². The van der Waals surface area contributed by atoms with Gasteiger partial charge in [-0.2, -0.15) is 5.26 Å². The van der Waals surface area contributed by atoms with Crippen molar-refractivity contribution in [3.05, 3.63) is 40.9 Å². The number of carboxylic acid groups (broad SMARTS) is 1. The summed E-state index contributed by atoms with van der Waals surface area (Å²) in [6, 6.07) is 6.14. The summed E-state index contributed by atoms with van der Waals surface area (Å²) in [5, 5.41) is 21.3. The Labute approximate surface area is 101 Å². The molecular weight excluding hydrogens is 244 g/mol. The van der Waals surface area contributed by atoms with Gasteiger partial charge in [0.1, 0.15) is 12.4 Å². The summed E-state index contributed by atoms with van der Waals surface area (Å²) in [5.41, 5.74) is 0.546. The van der Waals surface area contributed by atoms with Crippen molar-refractivity contribution in [2.24, 2.45) is 0 Å². The fourth-order valence-corrected chi connectivity index (χ4v) is 1.51. The second-order valence-corrected chi connectivity index (χ2v) is 3.50. The molecular formula is C10H5ClN4O2. The summed E-state index contributed by atoms with van der Waals surface area (Å²) >= 11 is 5.81. The van der Waals surface area contributed by atoms with Gasteiger partial charge < -0.3 is 5.11 Å². The largest absolute Gasteiger partial charge is 0.478 e. The van der Waals surface area contributed by atoms with Gasteiger partial charge in [-0.05, 0) is 18.2 Å². The van der Waals surface area contributed by atoms with Gasteiger partial charge in [0, 0.05) is 0 Å². The predicted molar refractivity (Wildman–Crippen MR) is 58.0 cm³/mol. The highest BCUT2D eigenvalue weighted by molar-refractivity contribution is 6.33. The Morgan fingerprint density at radius 1 is 1.53 bits per heavy atom. The Morgan fingerprint density at radius 3 is 2.82 bits per heavy atom. The molecule has 0 bridgehead atoms. The van der Waals surface area contributed by atoms with E-state index in [1.807, 2.05) is 0 Å². The summed E-state index contributed by atoms with van der Waals surface area (Å²) in [6.45, 7) is 0. The molecule has 0 aliphatic heterocycles. The zero-order valence-corrected chi connectivity index (χ0v) is 9.09. The van der Waals surface area contributed by atoms with Gasteiger partial charge in [-0.25, -0.2) is 14.5 Å². The molecule has 0 aliphatic rings. The van der Waals surface area contributed by atoms with Gasteiger partial charge in [-0.15, -0.1) is 5.10 Å². The fraction of sp³-hybridized carbons (Fsp3) is 0. The Balaban J connectivity index is 2.45. The van der Waals surface area contributed by atoms with E-state index in [2.05, 4.69) is 10.1 Å². The number of nitriles is 1. The molecule has 1 heterocycles. The van der Waals surface area contributed by atoms with E-state index in [0.717, 1.165) is 0 Å². The number of halogens is 1. The molecule has 17 heavy (non-hydrogen) atoms. The quantitative estimate of drug-likeness (QED) is 0.869. The maximum Gasteiger partial charge on any atom is 0.337 e. The molecule has 0 saturated heterocycles. The molecule has 0 unspecified atom stereocenters. The molecule has 0 aliphatic carbocycles. The Morgan fingerprint density at radius 2 is 2.29 bits per heavy atom. The monoisotopic (exact) mass is 248 g/mol. The third kappa shape index (κ3) is 2.09. The lowest BCUT2D eigenvalue weighted by Gasteiger charge is -2.03. The SMILES string of the molecule is N#Cc1ncn(-c2ccc(C(=O)O)c(Cl)c2)n1. The molecule has 0 saturated carbocycles. The minimum Gasteiger partial charge on any atom is -0.478 e. The first kappa shape index (κ1) is 11.1. The molecule has 1 aromatic heterocycles. The van der Waals surface area contributed by atoms with Crippen molar-refractivity contribution in [1.29, 1.82) is 5.26 Å². The van der Waals surface area contributed by atoms with Crippen molar-refractivity contribution in [3.63, 3.8) is 0 Å². The van der Waals surface area contributed by atoms with E-state index in [4.69, 9.17) is 22.0 Å². The van der Waals surface area contributed by atoms with Crippen LogP contribution >= 0.6 is 11.6 Å². The average Bonchev–Trinajstić information content (AvgIpc) is 2.76. The number of nitrogens with zero attached hydrogens (tertiary/aromatic N) is 4. The number of benzene rings is 1. The minimum absolute atomic E-state index is 0.0102. The summed E-state index contributed by atoms with van der Waals surface area (Å²) < 4.78 is 1.34. The molecule has 7 heteroatoms. The van der Waals surface area contributed by atoms with Crippen LogP contribution in [0.1, 0.15) is 16.2 Å². The number of hydrogen-bond acceptors (Lipinski definition) is 4. The molecule has 2 aromatic rings. The summed E-state index contributed by atoms with van der Waals surface area (Å²) in [6.07, 6.45) is 1.35. The Hall–Kier alpha value is -2.39. The topological polar surface area (TPSA) is 91.8 Å². The highest BCUT2D eigenvalue weighted by Gasteiger charge is 2.10. The van der Waals surface area contributed by atoms with Crippen LogP contribution in [0.5, 0.6) is 0 Å². The minimum atomic E-state index is -1.10. The number of hydrogen-bond donors (Lipinski definition) is 1. The maximum atomic E-state index is 10.8. The lowest BCUT2D eigenvalue weighted by Crippen LogP contribution is -2.00. The molecule has 0 fully saturated rings. The van der Waals surface area contributed by atoms with Gasteiger partial charge in [0.05, 0.1) is 16.3 Å². The zero-order chi connectivity index (χ0) is 12.4. The van der Waals surface area contributed by atoms with Crippen LogP contribution in [0.2, 0.25) is 5.02 Å². The fourth-order valence-electron chi connectivity index (χ4n) is 1.26. The standard InChI is InChI=1S/C10H5ClN4O2/c11-8-3-6(1-2-7(8)10(16)17)15-5-13-9(4-12)14-15/h1-3,5H,(H,16,17). The summed E-state index contributed by atoms with van der Waals surface area (Å²) in [4.78, 5) is 14.5. The summed E-state index contributed by atoms with van der Waals surface area (Å²) in [7, 11) is 0. The van der Waals surface area contributed by atoms with Crippen LogP contribution in [-0.4, -0.2) is 25.8 Å². The van der Waals surface area contributed by atoms with Gasteiger partial charge in [0.15, 0.2) is 0 Å². The first-order chi connectivity index (χ1) is 8.11. The van der Waals surface area contributed by atoms with Gasteiger partial charge in [0.25, 0.3) is 5.82 Å². The normalized spacial score (nSPS) is 9.88. The van der Waals surface area contributed by atoms with E-state index >= 15 is 0 Å². The van der Waals surface area contributed by atoms with Gasteiger partial charge in [-0.1, -0.05) is 11.6 Å². The van der Waals surface area contributed by atoms with Gasteiger partial charge in [-0.3, -0.25) is 0 Å². The Kier molecular flexibility index (Phi) is 2.77. The predicted octanol–water partition coefficient (Wildman–Crippen LogP) is 1.49. The van der Waals surface area contributed by atoms with Crippen LogP contribution in [0.3, 0.4) is 0 Å². The molecule has 0 amide bonds. The molecule has 1 N–H and O–H groups in total. The summed E-state index contributed by atoms with van der Waals surface area (Å²) in [5.74, 6) is -1.07. The van der Waals surface area contributed by atoms with E-state index in [9.17, 15) is 4.79 Å². The molecule has 1 aromatic carbocycles. The van der Waals surface area contributed by atoms with E-state index in [0.29, 0.717) is 5.69 Å². The van der Waals surface area contributed by atoms with E-state index in [1.165, 1.54) is 29.2 Å². The van der Waals surface area contributed by atoms with Crippen molar-refractivity contribution < 1.29 is 9.90 Å². The van der Waals surface area contributed by atoms with Crippen molar-refractivity contribution in [2.75, 3.05) is 0 Å². The van der Waals surface area contributed by atoms with Crippen LogP contribution in [0, 0.1) is 11.3 Å². The second kappa shape index (κ2) is 4.23. The molecule has 6 nitrogen and oxygen atoms in total. The third-order valence-electron chi connectivity index (χ3n) is 2.04. The molecule has 84 valence electrons. The first-order valence-corrected chi connectivity index (χ1v) is 4.84. The molecule has 0 atom stereocenters. The number of carbonyl (C=O) groups is 1. The number of carboxylic acids is 1. The molecule has 2 rings (SSSR count).